The number of ether oxygens (including phenoxy) is 2. The highest BCUT2D eigenvalue weighted by Crippen LogP contribution is 2.48. The van der Waals surface area contributed by atoms with E-state index in [0.29, 0.717) is 25.3 Å². The summed E-state index contributed by atoms with van der Waals surface area (Å²) in [6.07, 6.45) is 4.87. The smallest absolute Gasteiger partial charge is 0.253 e. The van der Waals surface area contributed by atoms with Crippen molar-refractivity contribution in [2.24, 2.45) is 10.4 Å². The Labute approximate surface area is 186 Å². The van der Waals surface area contributed by atoms with Gasteiger partial charge in [0.1, 0.15) is 6.10 Å². The first-order valence-electron chi connectivity index (χ1n) is 11.7. The first-order valence-corrected chi connectivity index (χ1v) is 11.7. The fraction of sp³-hybridized carbons (Fsp3) is 0.667. The minimum Gasteiger partial charge on any atom is -0.378 e. The molecule has 3 unspecified atom stereocenters. The molecule has 1 saturated carbocycles. The largest absolute Gasteiger partial charge is 0.378 e. The predicted molar refractivity (Wildman–Crippen MR) is 124 cm³/mol. The molecule has 31 heavy (non-hydrogen) atoms. The van der Waals surface area contributed by atoms with Gasteiger partial charge in [-0.15, -0.1) is 0 Å². The number of nitrogens with one attached hydrogen (secondary N) is 3. The van der Waals surface area contributed by atoms with Crippen LogP contribution in [0.4, 0.5) is 5.69 Å². The zero-order valence-corrected chi connectivity index (χ0v) is 19.4. The summed E-state index contributed by atoms with van der Waals surface area (Å²) in [6, 6.07) is 8.24. The summed E-state index contributed by atoms with van der Waals surface area (Å²) in [5, 5.41) is 9.99. The maximum atomic E-state index is 12.3. The summed E-state index contributed by atoms with van der Waals surface area (Å²) >= 11 is 0. The van der Waals surface area contributed by atoms with Crippen LogP contribution in [0.15, 0.2) is 29.3 Å². The standard InChI is InChI=1S/C24H38N4O3/c1-5-24(6-2)20(15-21(24)30-7-3)28-23(25-4)26-16-17-10-8-11-18(14-17)27-22(29)19-12-9-13-31-19/h8,10-11,14,19-21H,5-7,9,12-13,15-16H2,1-4H3,(H,27,29)(H2,25,26,28). The average molecular weight is 431 g/mol. The Bertz CT molecular complexity index is 757. The number of hydrogen-bond donors (Lipinski definition) is 3. The molecular weight excluding hydrogens is 392 g/mol. The molecular formula is C24H38N4O3. The Kier molecular flexibility index (Phi) is 8.32. The monoisotopic (exact) mass is 430 g/mol. The van der Waals surface area contributed by atoms with Gasteiger partial charge >= 0.3 is 0 Å². The predicted octanol–water partition coefficient (Wildman–Crippen LogP) is 3.45. The lowest BCUT2D eigenvalue weighted by Crippen LogP contribution is -2.65. The summed E-state index contributed by atoms with van der Waals surface area (Å²) in [5.41, 5.74) is 2.02. The van der Waals surface area contributed by atoms with Crippen molar-refractivity contribution < 1.29 is 14.3 Å². The molecule has 2 aliphatic rings. The topological polar surface area (TPSA) is 84.0 Å². The fourth-order valence-electron chi connectivity index (χ4n) is 4.90. The number of carbonyl (C=O) groups is 1. The molecule has 0 bridgehead atoms. The van der Waals surface area contributed by atoms with Gasteiger partial charge in [0, 0.05) is 44.0 Å². The Hall–Kier alpha value is -2.12. The van der Waals surface area contributed by atoms with Crippen LogP contribution in [0.2, 0.25) is 0 Å². The number of guanidine groups is 1. The molecule has 2 fully saturated rings. The molecule has 1 heterocycles. The maximum absolute atomic E-state index is 12.3. The van der Waals surface area contributed by atoms with Crippen LogP contribution in [0.3, 0.4) is 0 Å². The first-order chi connectivity index (χ1) is 15.1. The zero-order chi connectivity index (χ0) is 22.3. The number of rotatable bonds is 9. The third kappa shape index (κ3) is 5.39. The number of carbonyl (C=O) groups excluding carboxylic acids is 1. The van der Waals surface area contributed by atoms with Crippen LogP contribution in [0.25, 0.3) is 0 Å². The van der Waals surface area contributed by atoms with Crippen molar-refractivity contribution in [1.29, 1.82) is 0 Å². The van der Waals surface area contributed by atoms with Crippen molar-refractivity contribution in [3.05, 3.63) is 29.8 Å². The molecule has 1 aromatic carbocycles. The molecule has 0 aromatic heterocycles. The third-order valence-electron chi connectivity index (χ3n) is 6.88. The molecule has 1 amide bonds. The lowest BCUT2D eigenvalue weighted by Gasteiger charge is -2.55. The normalized spacial score (nSPS) is 25.0. The van der Waals surface area contributed by atoms with Crippen LogP contribution in [-0.2, 0) is 20.8 Å². The number of aliphatic imine (C=N–C) groups is 1. The molecule has 1 aliphatic heterocycles. The van der Waals surface area contributed by atoms with Crippen molar-refractivity contribution in [2.75, 3.05) is 25.6 Å². The number of amides is 1. The van der Waals surface area contributed by atoms with Gasteiger partial charge in [-0.1, -0.05) is 26.0 Å². The van der Waals surface area contributed by atoms with E-state index in [1.54, 1.807) is 7.05 Å². The van der Waals surface area contributed by atoms with E-state index in [1.165, 1.54) is 0 Å². The van der Waals surface area contributed by atoms with Crippen LogP contribution in [-0.4, -0.2) is 50.4 Å². The lowest BCUT2D eigenvalue weighted by atomic mass is 9.58. The van der Waals surface area contributed by atoms with E-state index in [4.69, 9.17) is 9.47 Å². The Morgan fingerprint density at radius 2 is 2.10 bits per heavy atom. The molecule has 172 valence electrons. The molecule has 3 rings (SSSR count). The highest BCUT2D eigenvalue weighted by molar-refractivity contribution is 5.94. The van der Waals surface area contributed by atoms with E-state index in [-0.39, 0.29) is 17.4 Å². The number of hydrogen-bond acceptors (Lipinski definition) is 4. The summed E-state index contributed by atoms with van der Waals surface area (Å²) < 4.78 is 11.5. The second-order valence-electron chi connectivity index (χ2n) is 8.43. The van der Waals surface area contributed by atoms with Gasteiger partial charge in [0.05, 0.1) is 6.10 Å². The molecule has 1 aromatic rings. The molecule has 7 heteroatoms. The fourth-order valence-corrected chi connectivity index (χ4v) is 4.90. The van der Waals surface area contributed by atoms with Crippen molar-refractivity contribution in [3.63, 3.8) is 0 Å². The summed E-state index contributed by atoms with van der Waals surface area (Å²) in [5.74, 6) is 0.726. The quantitative estimate of drug-likeness (QED) is 0.413. The van der Waals surface area contributed by atoms with Gasteiger partial charge < -0.3 is 25.4 Å². The number of anilines is 1. The Balaban J connectivity index is 1.54. The SMILES string of the molecule is CCOC1CC(NC(=NC)NCc2cccc(NC(=O)C3CCCO3)c2)C1(CC)CC. The van der Waals surface area contributed by atoms with E-state index in [9.17, 15) is 4.79 Å². The van der Waals surface area contributed by atoms with Crippen molar-refractivity contribution in [2.45, 2.75) is 77.7 Å². The minimum absolute atomic E-state index is 0.0654. The van der Waals surface area contributed by atoms with E-state index in [0.717, 1.165) is 55.9 Å². The van der Waals surface area contributed by atoms with Crippen LogP contribution < -0.4 is 16.0 Å². The van der Waals surface area contributed by atoms with Crippen molar-refractivity contribution >= 4 is 17.6 Å². The summed E-state index contributed by atoms with van der Waals surface area (Å²) in [4.78, 5) is 16.7. The van der Waals surface area contributed by atoms with E-state index in [1.807, 2.05) is 24.3 Å². The second-order valence-corrected chi connectivity index (χ2v) is 8.43. The maximum Gasteiger partial charge on any atom is 0.253 e. The Morgan fingerprint density at radius 1 is 1.29 bits per heavy atom. The lowest BCUT2D eigenvalue weighted by molar-refractivity contribution is -0.133. The van der Waals surface area contributed by atoms with Gasteiger partial charge in [0.2, 0.25) is 0 Å². The minimum atomic E-state index is -0.329. The molecule has 3 N–H and O–H groups in total. The van der Waals surface area contributed by atoms with E-state index >= 15 is 0 Å². The van der Waals surface area contributed by atoms with Gasteiger partial charge in [0.15, 0.2) is 5.96 Å². The summed E-state index contributed by atoms with van der Waals surface area (Å²) in [7, 11) is 1.80. The molecule has 1 saturated heterocycles. The van der Waals surface area contributed by atoms with Gasteiger partial charge in [-0.05, 0) is 56.7 Å². The van der Waals surface area contributed by atoms with E-state index < -0.39 is 0 Å². The van der Waals surface area contributed by atoms with Crippen molar-refractivity contribution in [1.82, 2.24) is 10.6 Å². The first kappa shape index (κ1) is 23.5. The number of benzene rings is 1. The summed E-state index contributed by atoms with van der Waals surface area (Å²) in [6.45, 7) is 8.60. The van der Waals surface area contributed by atoms with Gasteiger partial charge in [-0.3, -0.25) is 9.79 Å². The Morgan fingerprint density at radius 3 is 2.74 bits per heavy atom. The molecule has 1 aliphatic carbocycles. The van der Waals surface area contributed by atoms with Crippen LogP contribution in [0, 0.1) is 5.41 Å². The third-order valence-corrected chi connectivity index (χ3v) is 6.88. The highest BCUT2D eigenvalue weighted by Gasteiger charge is 2.53. The van der Waals surface area contributed by atoms with Crippen LogP contribution >= 0.6 is 0 Å². The van der Waals surface area contributed by atoms with Crippen LogP contribution in [0.1, 0.15) is 58.4 Å². The molecule has 3 atom stereocenters. The van der Waals surface area contributed by atoms with Crippen molar-refractivity contribution in [3.8, 4) is 0 Å². The molecule has 7 nitrogen and oxygen atoms in total. The van der Waals surface area contributed by atoms with E-state index in [2.05, 4.69) is 41.7 Å². The molecule has 0 radical (unpaired) electrons. The van der Waals surface area contributed by atoms with Crippen LogP contribution in [0.5, 0.6) is 0 Å². The second kappa shape index (κ2) is 11.0. The molecule has 0 spiro atoms. The average Bonchev–Trinajstić information content (AvgIpc) is 3.32. The van der Waals surface area contributed by atoms with Gasteiger partial charge in [-0.2, -0.15) is 0 Å². The van der Waals surface area contributed by atoms with Gasteiger partial charge in [0.25, 0.3) is 5.91 Å². The number of nitrogens with zero attached hydrogens (tertiary/aromatic N) is 1. The highest BCUT2D eigenvalue weighted by atomic mass is 16.5. The van der Waals surface area contributed by atoms with Gasteiger partial charge in [-0.25, -0.2) is 0 Å². The zero-order valence-electron chi connectivity index (χ0n) is 19.4.